The van der Waals surface area contributed by atoms with E-state index in [-0.39, 0.29) is 20.1 Å². The van der Waals surface area contributed by atoms with E-state index >= 15 is 0 Å². The molecular weight excluding hydrogens is 701 g/mol. The molecule has 0 saturated carbocycles. The Kier molecular flexibility index (Phi) is 10.3. The van der Waals surface area contributed by atoms with Crippen molar-refractivity contribution in [1.29, 1.82) is 0 Å². The standard InChI is InChI=1S/C25H24N.C15H16N.Ir/c1-16(2)19-13-20(17(3)4)15-21(14-19)25-24-10-9-18-7-5-6-8-22(18)23(24)11-12-26-25;1-10-5-11(2)8-14(7-10)15-9-12(3)6-13(4)16-15;/h5-14,16-17H,1-4H3;5-7,9H,1-4H3;/q2*-1;. The van der Waals surface area contributed by atoms with E-state index in [2.05, 4.69) is 144 Å². The molecule has 2 heterocycles. The van der Waals surface area contributed by atoms with Gasteiger partial charge in [-0.25, -0.2) is 0 Å². The molecule has 6 rings (SSSR count). The Morgan fingerprint density at radius 2 is 1.37 bits per heavy atom. The smallest absolute Gasteiger partial charge is 0.0268 e. The molecular formula is C40H40IrN2-2. The summed E-state index contributed by atoms with van der Waals surface area (Å²) >= 11 is 0. The predicted octanol–water partition coefficient (Wildman–Crippen LogP) is 10.9. The molecule has 3 heteroatoms. The molecule has 6 aromatic rings. The molecule has 0 aliphatic carbocycles. The Morgan fingerprint density at radius 1 is 0.628 bits per heavy atom. The van der Waals surface area contributed by atoms with Crippen LogP contribution >= 0.6 is 0 Å². The van der Waals surface area contributed by atoms with Gasteiger partial charge >= 0.3 is 0 Å². The van der Waals surface area contributed by atoms with Crippen LogP contribution in [-0.4, -0.2) is 9.97 Å². The summed E-state index contributed by atoms with van der Waals surface area (Å²) in [6, 6.07) is 35.1. The van der Waals surface area contributed by atoms with Crippen LogP contribution in [0.3, 0.4) is 0 Å². The monoisotopic (exact) mass is 741 g/mol. The first-order valence-electron chi connectivity index (χ1n) is 14.9. The van der Waals surface area contributed by atoms with Crippen molar-refractivity contribution >= 4 is 21.5 Å². The van der Waals surface area contributed by atoms with Crippen molar-refractivity contribution in [2.75, 3.05) is 0 Å². The summed E-state index contributed by atoms with van der Waals surface area (Å²) in [5.74, 6) is 0.930. The van der Waals surface area contributed by atoms with Crippen LogP contribution in [0.2, 0.25) is 0 Å². The molecule has 2 aromatic heterocycles. The SMILES string of the molecule is CC(C)c1[c-]c(-c2nccc3c2ccc2ccccc23)cc(C(C)C)c1.Cc1[c-]c(-c2cc(C)cc(C)n2)cc(C)c1.[Ir]. The third-order valence-electron chi connectivity index (χ3n) is 7.65. The van der Waals surface area contributed by atoms with Gasteiger partial charge in [-0.3, -0.25) is 0 Å². The first-order valence-corrected chi connectivity index (χ1v) is 14.9. The van der Waals surface area contributed by atoms with Crippen LogP contribution in [0.1, 0.15) is 73.0 Å². The van der Waals surface area contributed by atoms with Crippen LogP contribution in [0, 0.1) is 39.8 Å². The first-order chi connectivity index (χ1) is 20.1. The summed E-state index contributed by atoms with van der Waals surface area (Å²) in [4.78, 5) is 9.31. The molecule has 0 amide bonds. The summed E-state index contributed by atoms with van der Waals surface area (Å²) in [5, 5.41) is 4.98. The maximum atomic E-state index is 4.75. The number of nitrogens with zero attached hydrogens (tertiary/aromatic N) is 2. The van der Waals surface area contributed by atoms with Crippen LogP contribution in [0.25, 0.3) is 44.1 Å². The molecule has 0 fully saturated rings. The van der Waals surface area contributed by atoms with Crippen molar-refractivity contribution in [3.05, 3.63) is 131 Å². The molecule has 1 radical (unpaired) electrons. The first kappa shape index (κ1) is 32.3. The van der Waals surface area contributed by atoms with Crippen molar-refractivity contribution in [1.82, 2.24) is 9.97 Å². The van der Waals surface area contributed by atoms with Crippen LogP contribution in [0.15, 0.2) is 85.1 Å². The van der Waals surface area contributed by atoms with Gasteiger partial charge in [-0.05, 0) is 70.7 Å². The number of aromatic nitrogens is 2. The third kappa shape index (κ3) is 7.47. The average Bonchev–Trinajstić information content (AvgIpc) is 2.96. The zero-order valence-electron chi connectivity index (χ0n) is 26.5. The molecule has 0 atom stereocenters. The van der Waals surface area contributed by atoms with Gasteiger partial charge in [-0.1, -0.05) is 89.6 Å². The fraction of sp³-hybridized carbons (Fsp3) is 0.250. The van der Waals surface area contributed by atoms with Crippen LogP contribution in [0.5, 0.6) is 0 Å². The minimum absolute atomic E-state index is 0. The Labute approximate surface area is 271 Å². The molecule has 43 heavy (non-hydrogen) atoms. The second-order valence-electron chi connectivity index (χ2n) is 12.1. The predicted molar refractivity (Wildman–Crippen MR) is 179 cm³/mol. The van der Waals surface area contributed by atoms with Crippen molar-refractivity contribution in [3.8, 4) is 22.5 Å². The number of rotatable bonds is 4. The molecule has 4 aromatic carbocycles. The van der Waals surface area contributed by atoms with E-state index in [1.54, 1.807) is 0 Å². The number of pyridine rings is 2. The fourth-order valence-electron chi connectivity index (χ4n) is 5.55. The van der Waals surface area contributed by atoms with E-state index in [4.69, 9.17) is 4.98 Å². The van der Waals surface area contributed by atoms with Crippen molar-refractivity contribution in [2.45, 2.75) is 67.2 Å². The molecule has 2 nitrogen and oxygen atoms in total. The second kappa shape index (κ2) is 13.8. The normalized spacial score (nSPS) is 11.0. The molecule has 0 aliphatic heterocycles. The van der Waals surface area contributed by atoms with Crippen LogP contribution in [0.4, 0.5) is 0 Å². The Hall–Kier alpha value is -3.65. The number of fused-ring (bicyclic) bond motifs is 3. The fourth-order valence-corrected chi connectivity index (χ4v) is 5.55. The minimum Gasteiger partial charge on any atom is -0.304 e. The zero-order chi connectivity index (χ0) is 30.0. The van der Waals surface area contributed by atoms with E-state index in [1.165, 1.54) is 43.8 Å². The van der Waals surface area contributed by atoms with Gasteiger partial charge in [0.2, 0.25) is 0 Å². The van der Waals surface area contributed by atoms with Gasteiger partial charge in [0, 0.05) is 32.0 Å². The summed E-state index contributed by atoms with van der Waals surface area (Å²) < 4.78 is 0. The van der Waals surface area contributed by atoms with Crippen molar-refractivity contribution in [3.63, 3.8) is 0 Å². The number of aryl methyl sites for hydroxylation is 4. The van der Waals surface area contributed by atoms with Crippen molar-refractivity contribution < 1.29 is 20.1 Å². The average molecular weight is 741 g/mol. The molecule has 0 unspecified atom stereocenters. The Bertz CT molecular complexity index is 1770. The van der Waals surface area contributed by atoms with Gasteiger partial charge in [0.1, 0.15) is 0 Å². The topological polar surface area (TPSA) is 25.8 Å². The van der Waals surface area contributed by atoms with Gasteiger partial charge in [-0.15, -0.1) is 69.8 Å². The van der Waals surface area contributed by atoms with Gasteiger partial charge in [0.25, 0.3) is 0 Å². The van der Waals surface area contributed by atoms with E-state index < -0.39 is 0 Å². The molecule has 0 aliphatic rings. The maximum absolute atomic E-state index is 4.75. The van der Waals surface area contributed by atoms with Crippen molar-refractivity contribution in [2.24, 2.45) is 0 Å². The third-order valence-corrected chi connectivity index (χ3v) is 7.65. The molecule has 0 bridgehead atoms. The number of benzene rings is 4. The van der Waals surface area contributed by atoms with E-state index in [0.29, 0.717) is 11.8 Å². The maximum Gasteiger partial charge on any atom is 0.0268 e. The van der Waals surface area contributed by atoms with Gasteiger partial charge < -0.3 is 9.97 Å². The zero-order valence-corrected chi connectivity index (χ0v) is 28.9. The Balaban J connectivity index is 0.000000215. The second-order valence-corrected chi connectivity index (χ2v) is 12.1. The molecule has 0 saturated heterocycles. The number of hydrogen-bond acceptors (Lipinski definition) is 2. The van der Waals surface area contributed by atoms with Crippen LogP contribution in [-0.2, 0) is 20.1 Å². The van der Waals surface area contributed by atoms with E-state index in [9.17, 15) is 0 Å². The van der Waals surface area contributed by atoms with Gasteiger partial charge in [0.15, 0.2) is 0 Å². The van der Waals surface area contributed by atoms with Gasteiger partial charge in [-0.2, -0.15) is 0 Å². The quantitative estimate of drug-likeness (QED) is 0.133. The Morgan fingerprint density at radius 3 is 2.07 bits per heavy atom. The van der Waals surface area contributed by atoms with Crippen LogP contribution < -0.4 is 0 Å². The molecule has 0 N–H and O–H groups in total. The molecule has 221 valence electrons. The number of hydrogen-bond donors (Lipinski definition) is 0. The summed E-state index contributed by atoms with van der Waals surface area (Å²) in [5.41, 5.74) is 11.6. The minimum atomic E-state index is 0. The summed E-state index contributed by atoms with van der Waals surface area (Å²) in [6.07, 6.45) is 1.93. The van der Waals surface area contributed by atoms with E-state index in [0.717, 1.165) is 33.8 Å². The summed E-state index contributed by atoms with van der Waals surface area (Å²) in [6.45, 7) is 17.2. The largest absolute Gasteiger partial charge is 0.304 e. The summed E-state index contributed by atoms with van der Waals surface area (Å²) in [7, 11) is 0. The molecule has 0 spiro atoms. The van der Waals surface area contributed by atoms with E-state index in [1.807, 2.05) is 13.1 Å². The van der Waals surface area contributed by atoms with Gasteiger partial charge in [0.05, 0.1) is 0 Å².